The molecule has 0 aliphatic carbocycles. The van der Waals surface area contributed by atoms with Crippen LogP contribution in [0.3, 0.4) is 0 Å². The third kappa shape index (κ3) is 4.53. The highest BCUT2D eigenvalue weighted by Gasteiger charge is 1.89. The van der Waals surface area contributed by atoms with E-state index in [-0.39, 0.29) is 0 Å². The van der Waals surface area contributed by atoms with Crippen LogP contribution in [-0.2, 0) is 9.59 Å². The van der Waals surface area contributed by atoms with Gasteiger partial charge in [0.05, 0.1) is 0 Å². The Morgan fingerprint density at radius 1 is 1.67 bits per heavy atom. The number of carboxylic acids is 1. The first-order valence-electron chi connectivity index (χ1n) is 2.28. The third-order valence-electron chi connectivity index (χ3n) is 0.627. The molecule has 2 N–H and O–H groups in total. The van der Waals surface area contributed by atoms with Gasteiger partial charge in [0.2, 0.25) is 6.41 Å². The lowest BCUT2D eigenvalue weighted by molar-refractivity contribution is -0.131. The highest BCUT2D eigenvalue weighted by Crippen LogP contribution is 1.81. The average Bonchev–Trinajstić information content (AvgIpc) is 1.63. The smallest absolute Gasteiger partial charge is 0.330 e. The third-order valence-corrected chi connectivity index (χ3v) is 0.627. The molecule has 0 spiro atoms. The van der Waals surface area contributed by atoms with Crippen molar-refractivity contribution in [2.75, 3.05) is 0 Å². The van der Waals surface area contributed by atoms with Crippen molar-refractivity contribution in [1.82, 2.24) is 5.32 Å². The fourth-order valence-corrected chi connectivity index (χ4v) is 0.320. The quantitative estimate of drug-likeness (QED) is 0.407. The summed E-state index contributed by atoms with van der Waals surface area (Å²) >= 11 is 0. The number of carbonyl (C=O) groups is 2. The van der Waals surface area contributed by atoms with E-state index in [2.05, 4.69) is 5.32 Å². The maximum absolute atomic E-state index is 9.85. The molecule has 4 heteroatoms. The molecule has 0 aromatic heterocycles. The van der Waals surface area contributed by atoms with Crippen LogP contribution in [0.15, 0.2) is 11.8 Å². The van der Waals surface area contributed by atoms with E-state index in [0.717, 1.165) is 6.08 Å². The molecule has 0 radical (unpaired) electrons. The maximum Gasteiger partial charge on any atom is 0.330 e. The van der Waals surface area contributed by atoms with Crippen molar-refractivity contribution in [1.29, 1.82) is 0 Å². The van der Waals surface area contributed by atoms with E-state index in [1.165, 1.54) is 6.92 Å². The number of aliphatic carboxylic acids is 1. The van der Waals surface area contributed by atoms with Gasteiger partial charge >= 0.3 is 5.97 Å². The number of carboxylic acid groups (broad SMARTS) is 1. The first kappa shape index (κ1) is 7.68. The van der Waals surface area contributed by atoms with Crippen molar-refractivity contribution in [3.8, 4) is 0 Å². The largest absolute Gasteiger partial charge is 0.478 e. The summed E-state index contributed by atoms with van der Waals surface area (Å²) in [7, 11) is 0. The summed E-state index contributed by atoms with van der Waals surface area (Å²) in [6.45, 7) is 1.49. The van der Waals surface area contributed by atoms with Gasteiger partial charge in [0.25, 0.3) is 0 Å². The van der Waals surface area contributed by atoms with Crippen LogP contribution in [0.5, 0.6) is 0 Å². The first-order valence-corrected chi connectivity index (χ1v) is 2.28. The van der Waals surface area contributed by atoms with E-state index in [1.54, 1.807) is 0 Å². The number of carbonyl (C=O) groups excluding carboxylic acids is 1. The van der Waals surface area contributed by atoms with Gasteiger partial charge in [-0.3, -0.25) is 4.79 Å². The van der Waals surface area contributed by atoms with E-state index in [1.807, 2.05) is 0 Å². The lowest BCUT2D eigenvalue weighted by Gasteiger charge is -1.91. The number of hydrogen-bond acceptors (Lipinski definition) is 2. The lowest BCUT2D eigenvalue weighted by atomic mass is 10.4. The van der Waals surface area contributed by atoms with Crippen molar-refractivity contribution >= 4 is 12.4 Å². The normalized spacial score (nSPS) is 10.6. The van der Waals surface area contributed by atoms with E-state index >= 15 is 0 Å². The van der Waals surface area contributed by atoms with Crippen LogP contribution in [-0.4, -0.2) is 17.5 Å². The SMILES string of the molecule is CC(=CC(=O)O)NC=O. The number of rotatable bonds is 3. The predicted octanol–water partition coefficient (Wildman–Crippen LogP) is -0.279. The van der Waals surface area contributed by atoms with E-state index in [0.29, 0.717) is 12.1 Å². The molecule has 50 valence electrons. The molecule has 0 aromatic rings. The highest BCUT2D eigenvalue weighted by molar-refractivity contribution is 5.80. The summed E-state index contributed by atoms with van der Waals surface area (Å²) in [4.78, 5) is 19.5. The van der Waals surface area contributed by atoms with Gasteiger partial charge in [-0.15, -0.1) is 0 Å². The number of allylic oxidation sites excluding steroid dienone is 1. The fourth-order valence-electron chi connectivity index (χ4n) is 0.320. The van der Waals surface area contributed by atoms with Crippen LogP contribution in [0.1, 0.15) is 6.92 Å². The molecule has 0 aliphatic heterocycles. The minimum atomic E-state index is -1.07. The highest BCUT2D eigenvalue weighted by atomic mass is 16.4. The minimum Gasteiger partial charge on any atom is -0.478 e. The second-order valence-corrected chi connectivity index (χ2v) is 1.43. The zero-order valence-electron chi connectivity index (χ0n) is 4.92. The van der Waals surface area contributed by atoms with E-state index in [4.69, 9.17) is 5.11 Å². The second kappa shape index (κ2) is 3.65. The van der Waals surface area contributed by atoms with Crippen molar-refractivity contribution in [2.24, 2.45) is 0 Å². The van der Waals surface area contributed by atoms with Gasteiger partial charge in [-0.1, -0.05) is 0 Å². The molecule has 0 atom stereocenters. The van der Waals surface area contributed by atoms with Gasteiger partial charge in [-0.2, -0.15) is 0 Å². The van der Waals surface area contributed by atoms with Crippen molar-refractivity contribution in [2.45, 2.75) is 6.92 Å². The Bertz CT molecular complexity index is 150. The summed E-state index contributed by atoms with van der Waals surface area (Å²) < 4.78 is 0. The van der Waals surface area contributed by atoms with Crippen LogP contribution in [0.2, 0.25) is 0 Å². The van der Waals surface area contributed by atoms with Crippen molar-refractivity contribution in [3.05, 3.63) is 11.8 Å². The molecular formula is C5H7NO3. The Hall–Kier alpha value is -1.32. The van der Waals surface area contributed by atoms with Gasteiger partial charge in [-0.05, 0) is 6.92 Å². The summed E-state index contributed by atoms with van der Waals surface area (Å²) in [6, 6.07) is 0. The summed E-state index contributed by atoms with van der Waals surface area (Å²) in [5, 5.41) is 10.3. The predicted molar refractivity (Wildman–Crippen MR) is 30.6 cm³/mol. The van der Waals surface area contributed by atoms with Crippen molar-refractivity contribution in [3.63, 3.8) is 0 Å². The van der Waals surface area contributed by atoms with Gasteiger partial charge in [0, 0.05) is 11.8 Å². The second-order valence-electron chi connectivity index (χ2n) is 1.43. The molecule has 0 aliphatic rings. The van der Waals surface area contributed by atoms with Crippen LogP contribution in [0.4, 0.5) is 0 Å². The van der Waals surface area contributed by atoms with Gasteiger partial charge in [0.15, 0.2) is 0 Å². The molecule has 0 saturated heterocycles. The minimum absolute atomic E-state index is 0.317. The molecule has 0 bridgehead atoms. The fraction of sp³-hybridized carbons (Fsp3) is 0.200. The maximum atomic E-state index is 9.85. The molecule has 0 fully saturated rings. The summed E-state index contributed by atoms with van der Waals surface area (Å²) in [5.74, 6) is -1.07. The molecular weight excluding hydrogens is 122 g/mol. The topological polar surface area (TPSA) is 66.4 Å². The average molecular weight is 129 g/mol. The van der Waals surface area contributed by atoms with Crippen LogP contribution < -0.4 is 5.32 Å². The molecule has 9 heavy (non-hydrogen) atoms. The van der Waals surface area contributed by atoms with Crippen LogP contribution in [0, 0.1) is 0 Å². The first-order chi connectivity index (χ1) is 4.16. The zero-order chi connectivity index (χ0) is 7.28. The molecule has 0 aromatic carbocycles. The molecule has 1 amide bonds. The number of amides is 1. The molecule has 0 heterocycles. The number of nitrogens with one attached hydrogen (secondary N) is 1. The Kier molecular flexibility index (Phi) is 3.12. The Morgan fingerprint density at radius 3 is 2.56 bits per heavy atom. The lowest BCUT2D eigenvalue weighted by Crippen LogP contribution is -2.08. The molecule has 4 nitrogen and oxygen atoms in total. The van der Waals surface area contributed by atoms with Crippen LogP contribution in [0.25, 0.3) is 0 Å². The monoisotopic (exact) mass is 129 g/mol. The Labute approximate surface area is 52.2 Å². The molecule has 0 rings (SSSR count). The summed E-state index contributed by atoms with van der Waals surface area (Å²) in [6.07, 6.45) is 1.34. The number of hydrogen-bond donors (Lipinski definition) is 2. The Balaban J connectivity index is 3.83. The molecule has 0 saturated carbocycles. The van der Waals surface area contributed by atoms with Crippen molar-refractivity contribution < 1.29 is 14.7 Å². The van der Waals surface area contributed by atoms with Gasteiger partial charge < -0.3 is 10.4 Å². The molecule has 0 unspecified atom stereocenters. The van der Waals surface area contributed by atoms with E-state index < -0.39 is 5.97 Å². The summed E-state index contributed by atoms with van der Waals surface area (Å²) in [5.41, 5.74) is 0.317. The standard InChI is InChI=1S/C5H7NO3/c1-4(6-3-7)2-5(8)9/h2-3H,1H3,(H,6,7)(H,8,9). The zero-order valence-corrected chi connectivity index (χ0v) is 4.92. The van der Waals surface area contributed by atoms with Gasteiger partial charge in [-0.25, -0.2) is 4.79 Å². The van der Waals surface area contributed by atoms with E-state index in [9.17, 15) is 9.59 Å². The Morgan fingerprint density at radius 2 is 2.22 bits per heavy atom. The van der Waals surface area contributed by atoms with Crippen LogP contribution >= 0.6 is 0 Å². The van der Waals surface area contributed by atoms with Gasteiger partial charge in [0.1, 0.15) is 0 Å².